The summed E-state index contributed by atoms with van der Waals surface area (Å²) in [6, 6.07) is 0. The predicted molar refractivity (Wildman–Crippen MR) is 82.3 cm³/mol. The molecule has 0 aliphatic heterocycles. The molecule has 0 aliphatic carbocycles. The van der Waals surface area contributed by atoms with Gasteiger partial charge in [0.05, 0.1) is 10.9 Å². The first kappa shape index (κ1) is 16.0. The maximum Gasteiger partial charge on any atom is 0.236 e. The van der Waals surface area contributed by atoms with Gasteiger partial charge in [-0.2, -0.15) is 0 Å². The van der Waals surface area contributed by atoms with Crippen LogP contribution < -0.4 is 11.1 Å². The van der Waals surface area contributed by atoms with E-state index < -0.39 is 5.92 Å². The summed E-state index contributed by atoms with van der Waals surface area (Å²) in [5, 5.41) is 12.2. The molecule has 1 atom stereocenters. The molecule has 1 rings (SSSR count). The van der Waals surface area contributed by atoms with Crippen molar-refractivity contribution in [2.24, 2.45) is 17.6 Å². The summed E-state index contributed by atoms with van der Waals surface area (Å²) >= 11 is 6.32. The number of nitrogens with two attached hydrogens (primary N) is 1. The van der Waals surface area contributed by atoms with Crippen LogP contribution in [0.2, 0.25) is 0 Å². The van der Waals surface area contributed by atoms with E-state index in [1.54, 1.807) is 0 Å². The lowest BCUT2D eigenvalue weighted by Crippen LogP contribution is -2.33. The molecule has 0 saturated carbocycles. The minimum absolute atomic E-state index is 0.193. The topological polar surface area (TPSA) is 80.9 Å². The lowest BCUT2D eigenvalue weighted by atomic mass is 10.0. The Morgan fingerprint density at radius 3 is 2.68 bits per heavy atom. The van der Waals surface area contributed by atoms with Gasteiger partial charge in [0.15, 0.2) is 0 Å². The molecule has 1 aromatic heterocycles. The number of thiocarbonyl (C=S) groups is 1. The van der Waals surface area contributed by atoms with Crippen molar-refractivity contribution >= 4 is 39.6 Å². The van der Waals surface area contributed by atoms with Gasteiger partial charge in [-0.25, -0.2) is 0 Å². The van der Waals surface area contributed by atoms with E-state index in [-0.39, 0.29) is 10.9 Å². The summed E-state index contributed by atoms with van der Waals surface area (Å²) in [5.41, 5.74) is 5.59. The van der Waals surface area contributed by atoms with E-state index in [0.29, 0.717) is 17.5 Å². The van der Waals surface area contributed by atoms with E-state index in [1.807, 2.05) is 6.92 Å². The molecule has 7 heteroatoms. The van der Waals surface area contributed by atoms with Crippen molar-refractivity contribution < 1.29 is 4.79 Å². The Hall–Kier alpha value is -1.08. The van der Waals surface area contributed by atoms with Crippen LogP contribution in [0.15, 0.2) is 0 Å². The largest absolute Gasteiger partial charge is 0.393 e. The van der Waals surface area contributed by atoms with E-state index in [0.717, 1.165) is 17.8 Å². The lowest BCUT2D eigenvalue weighted by Gasteiger charge is -2.12. The number of amides is 1. The van der Waals surface area contributed by atoms with Gasteiger partial charge in [-0.15, -0.1) is 10.2 Å². The highest BCUT2D eigenvalue weighted by Gasteiger charge is 2.21. The van der Waals surface area contributed by atoms with Crippen LogP contribution in [-0.4, -0.2) is 21.1 Å². The number of nitrogens with zero attached hydrogens (tertiary/aromatic N) is 2. The average Bonchev–Trinajstić information content (AvgIpc) is 2.71. The second-order valence-corrected chi connectivity index (χ2v) is 6.37. The van der Waals surface area contributed by atoms with Crippen molar-refractivity contribution in [1.82, 2.24) is 10.2 Å². The highest BCUT2D eigenvalue weighted by Crippen LogP contribution is 2.19. The highest BCUT2D eigenvalue weighted by molar-refractivity contribution is 7.80. The molecule has 106 valence electrons. The summed E-state index contributed by atoms with van der Waals surface area (Å²) in [7, 11) is 0. The van der Waals surface area contributed by atoms with Crippen LogP contribution in [0.25, 0.3) is 0 Å². The molecule has 1 amide bonds. The summed E-state index contributed by atoms with van der Waals surface area (Å²) in [6.45, 7) is 6.22. The molecule has 0 bridgehead atoms. The molecule has 19 heavy (non-hydrogen) atoms. The van der Waals surface area contributed by atoms with Crippen molar-refractivity contribution in [3.8, 4) is 0 Å². The molecule has 0 aromatic carbocycles. The fraction of sp³-hybridized carbons (Fsp3) is 0.667. The fourth-order valence-electron chi connectivity index (χ4n) is 1.62. The Morgan fingerprint density at radius 2 is 2.16 bits per heavy atom. The fourth-order valence-corrected chi connectivity index (χ4v) is 2.80. The van der Waals surface area contributed by atoms with E-state index >= 15 is 0 Å². The van der Waals surface area contributed by atoms with Crippen LogP contribution in [0.5, 0.6) is 0 Å². The predicted octanol–water partition coefficient (Wildman–Crippen LogP) is 2.38. The Labute approximate surface area is 123 Å². The van der Waals surface area contributed by atoms with E-state index in [2.05, 4.69) is 29.4 Å². The smallest absolute Gasteiger partial charge is 0.236 e. The zero-order valence-electron chi connectivity index (χ0n) is 11.5. The van der Waals surface area contributed by atoms with Crippen LogP contribution in [0.3, 0.4) is 0 Å². The maximum absolute atomic E-state index is 12.0. The Bertz CT molecular complexity index is 445. The van der Waals surface area contributed by atoms with Gasteiger partial charge < -0.3 is 5.73 Å². The number of nitrogens with one attached hydrogen (secondary N) is 1. The van der Waals surface area contributed by atoms with Crippen molar-refractivity contribution in [3.05, 3.63) is 5.01 Å². The third kappa shape index (κ3) is 5.20. The summed E-state index contributed by atoms with van der Waals surface area (Å²) in [5.74, 6) is -0.111. The number of hydrogen-bond acceptors (Lipinski definition) is 5. The SMILES string of the molecule is CCCC(C(=O)Nc1nnc(CC(C)C)s1)C(N)=S. The molecule has 0 spiro atoms. The Morgan fingerprint density at radius 1 is 1.47 bits per heavy atom. The van der Waals surface area contributed by atoms with Crippen molar-refractivity contribution in [1.29, 1.82) is 0 Å². The van der Waals surface area contributed by atoms with Crippen LogP contribution in [0, 0.1) is 11.8 Å². The molecular weight excluding hydrogens is 280 g/mol. The monoisotopic (exact) mass is 300 g/mol. The quantitative estimate of drug-likeness (QED) is 0.756. The average molecular weight is 300 g/mol. The van der Waals surface area contributed by atoms with Gasteiger partial charge in [0.2, 0.25) is 11.0 Å². The van der Waals surface area contributed by atoms with Gasteiger partial charge in [0.25, 0.3) is 0 Å². The van der Waals surface area contributed by atoms with E-state index in [4.69, 9.17) is 18.0 Å². The first-order chi connectivity index (χ1) is 8.93. The third-order valence-corrected chi connectivity index (χ3v) is 3.66. The lowest BCUT2D eigenvalue weighted by molar-refractivity contribution is -0.118. The summed E-state index contributed by atoms with van der Waals surface area (Å²) in [4.78, 5) is 12.3. The van der Waals surface area contributed by atoms with Gasteiger partial charge in [0.1, 0.15) is 5.01 Å². The van der Waals surface area contributed by atoms with Gasteiger partial charge >= 0.3 is 0 Å². The van der Waals surface area contributed by atoms with Crippen molar-refractivity contribution in [3.63, 3.8) is 0 Å². The number of rotatable bonds is 7. The minimum Gasteiger partial charge on any atom is -0.393 e. The Kier molecular flexibility index (Phi) is 6.30. The summed E-state index contributed by atoms with van der Waals surface area (Å²) in [6.07, 6.45) is 2.37. The first-order valence-corrected chi connectivity index (χ1v) is 7.59. The second kappa shape index (κ2) is 7.49. The van der Waals surface area contributed by atoms with Crippen LogP contribution in [0.4, 0.5) is 5.13 Å². The van der Waals surface area contributed by atoms with E-state index in [1.165, 1.54) is 11.3 Å². The van der Waals surface area contributed by atoms with Gasteiger partial charge in [-0.1, -0.05) is 50.7 Å². The second-order valence-electron chi connectivity index (χ2n) is 4.83. The van der Waals surface area contributed by atoms with E-state index in [9.17, 15) is 4.79 Å². The molecular formula is C12H20N4OS2. The number of anilines is 1. The molecule has 1 heterocycles. The number of aromatic nitrogens is 2. The van der Waals surface area contributed by atoms with Gasteiger partial charge in [-0.05, 0) is 12.3 Å². The first-order valence-electron chi connectivity index (χ1n) is 6.36. The zero-order valence-corrected chi connectivity index (χ0v) is 13.1. The molecule has 3 N–H and O–H groups in total. The number of carbonyl (C=O) groups excluding carboxylic acids is 1. The number of carbonyl (C=O) groups is 1. The standard InChI is InChI=1S/C12H20N4OS2/c1-4-5-8(10(13)18)11(17)14-12-16-15-9(19-12)6-7(2)3/h7-8H,4-6H2,1-3H3,(H2,13,18)(H,14,16,17). The maximum atomic E-state index is 12.0. The molecule has 1 aromatic rings. The molecule has 0 aliphatic rings. The minimum atomic E-state index is -0.433. The number of hydrogen-bond donors (Lipinski definition) is 2. The molecule has 5 nitrogen and oxygen atoms in total. The van der Waals surface area contributed by atoms with Gasteiger partial charge in [0, 0.05) is 6.42 Å². The highest BCUT2D eigenvalue weighted by atomic mass is 32.1. The molecule has 0 saturated heterocycles. The van der Waals surface area contributed by atoms with Crippen LogP contribution >= 0.6 is 23.6 Å². The normalized spacial score (nSPS) is 12.4. The van der Waals surface area contributed by atoms with Crippen LogP contribution in [-0.2, 0) is 11.2 Å². The van der Waals surface area contributed by atoms with Crippen molar-refractivity contribution in [2.75, 3.05) is 5.32 Å². The molecule has 1 unspecified atom stereocenters. The van der Waals surface area contributed by atoms with Crippen LogP contribution in [0.1, 0.15) is 38.6 Å². The molecule has 0 radical (unpaired) electrons. The third-order valence-electron chi connectivity index (χ3n) is 2.52. The summed E-state index contributed by atoms with van der Waals surface area (Å²) < 4.78 is 0. The van der Waals surface area contributed by atoms with Gasteiger partial charge in [-0.3, -0.25) is 10.1 Å². The molecule has 0 fully saturated rings. The Balaban J connectivity index is 2.65. The van der Waals surface area contributed by atoms with Crippen molar-refractivity contribution in [2.45, 2.75) is 40.0 Å². The zero-order chi connectivity index (χ0) is 14.4.